The molecule has 0 aliphatic rings. The smallest absolute Gasteiger partial charge is 0.265 e. The molecular weight excluding hydrogens is 224 g/mol. The Morgan fingerprint density at radius 3 is 2.94 bits per heavy atom. The number of carbonyl (C=O) groups is 1. The van der Waals surface area contributed by atoms with Gasteiger partial charge >= 0.3 is 0 Å². The van der Waals surface area contributed by atoms with Crippen LogP contribution in [0.3, 0.4) is 0 Å². The Bertz CT molecular complexity index is 350. The Balaban J connectivity index is 2.51. The van der Waals surface area contributed by atoms with Gasteiger partial charge in [0.25, 0.3) is 5.91 Å². The van der Waals surface area contributed by atoms with E-state index in [1.165, 1.54) is 11.3 Å². The average molecular weight is 242 g/mol. The van der Waals surface area contributed by atoms with Gasteiger partial charge in [-0.2, -0.15) is 0 Å². The summed E-state index contributed by atoms with van der Waals surface area (Å²) in [4.78, 5) is 13.5. The molecule has 5 heteroatoms. The maximum absolute atomic E-state index is 11.8. The molecule has 0 fully saturated rings. The molecular formula is C11H18N2O2S. The molecule has 0 bridgehead atoms. The lowest BCUT2D eigenvalue weighted by molar-refractivity contribution is 0.0954. The Morgan fingerprint density at radius 1 is 1.56 bits per heavy atom. The van der Waals surface area contributed by atoms with E-state index >= 15 is 0 Å². The van der Waals surface area contributed by atoms with Crippen molar-refractivity contribution in [2.75, 3.05) is 20.2 Å². The third-order valence-corrected chi connectivity index (χ3v) is 3.19. The summed E-state index contributed by atoms with van der Waals surface area (Å²) in [5, 5.41) is 2.86. The second-order valence-electron chi connectivity index (χ2n) is 3.51. The zero-order valence-corrected chi connectivity index (χ0v) is 10.5. The van der Waals surface area contributed by atoms with Crippen molar-refractivity contribution in [1.82, 2.24) is 5.32 Å². The molecule has 4 nitrogen and oxygen atoms in total. The number of nitrogens with one attached hydrogen (secondary N) is 1. The number of nitrogens with two attached hydrogens (primary N) is 1. The van der Waals surface area contributed by atoms with Gasteiger partial charge in [0.2, 0.25) is 0 Å². The van der Waals surface area contributed by atoms with Gasteiger partial charge in [0.15, 0.2) is 0 Å². The summed E-state index contributed by atoms with van der Waals surface area (Å²) < 4.78 is 5.14. The molecule has 1 amide bonds. The summed E-state index contributed by atoms with van der Waals surface area (Å²) in [5.74, 6) is 0.589. The summed E-state index contributed by atoms with van der Waals surface area (Å²) >= 11 is 1.45. The fraction of sp³-hybridized carbons (Fsp3) is 0.545. The van der Waals surface area contributed by atoms with Gasteiger partial charge in [0.05, 0.1) is 7.11 Å². The maximum atomic E-state index is 11.8. The molecule has 16 heavy (non-hydrogen) atoms. The molecule has 1 heterocycles. The van der Waals surface area contributed by atoms with Crippen LogP contribution in [-0.4, -0.2) is 26.1 Å². The van der Waals surface area contributed by atoms with Crippen molar-refractivity contribution in [2.45, 2.75) is 19.8 Å². The second kappa shape index (κ2) is 6.50. The van der Waals surface area contributed by atoms with E-state index in [-0.39, 0.29) is 5.91 Å². The number of ether oxygens (including phenoxy) is 1. The minimum absolute atomic E-state index is 0.0630. The van der Waals surface area contributed by atoms with Crippen molar-refractivity contribution in [3.8, 4) is 5.75 Å². The van der Waals surface area contributed by atoms with E-state index in [4.69, 9.17) is 10.5 Å². The number of amides is 1. The van der Waals surface area contributed by atoms with Gasteiger partial charge < -0.3 is 15.8 Å². The van der Waals surface area contributed by atoms with Crippen molar-refractivity contribution in [3.05, 3.63) is 15.8 Å². The third-order valence-electron chi connectivity index (χ3n) is 2.16. The van der Waals surface area contributed by atoms with E-state index in [0.717, 1.165) is 17.7 Å². The zero-order valence-electron chi connectivity index (χ0n) is 9.71. The summed E-state index contributed by atoms with van der Waals surface area (Å²) in [7, 11) is 1.58. The topological polar surface area (TPSA) is 64.3 Å². The first kappa shape index (κ1) is 13.0. The lowest BCUT2D eigenvalue weighted by Gasteiger charge is -2.04. The summed E-state index contributed by atoms with van der Waals surface area (Å²) in [5.41, 5.74) is 5.37. The predicted octanol–water partition coefficient (Wildman–Crippen LogP) is 1.53. The van der Waals surface area contributed by atoms with Crippen molar-refractivity contribution in [2.24, 2.45) is 5.73 Å². The predicted molar refractivity (Wildman–Crippen MR) is 66.2 cm³/mol. The van der Waals surface area contributed by atoms with Gasteiger partial charge in [-0.3, -0.25) is 4.79 Å². The van der Waals surface area contributed by atoms with Crippen LogP contribution < -0.4 is 15.8 Å². The molecule has 0 saturated heterocycles. The molecule has 1 aromatic heterocycles. The lowest BCUT2D eigenvalue weighted by atomic mass is 10.3. The summed E-state index contributed by atoms with van der Waals surface area (Å²) in [6.07, 6.45) is 1.84. The normalized spacial score (nSPS) is 10.2. The average Bonchev–Trinajstić information content (AvgIpc) is 2.65. The van der Waals surface area contributed by atoms with Crippen LogP contribution in [0, 0.1) is 6.92 Å². The molecule has 0 aliphatic carbocycles. The fourth-order valence-corrected chi connectivity index (χ4v) is 2.25. The largest absolute Gasteiger partial charge is 0.495 e. The zero-order chi connectivity index (χ0) is 12.0. The molecule has 0 unspecified atom stereocenters. The van der Waals surface area contributed by atoms with E-state index in [0.29, 0.717) is 23.7 Å². The van der Waals surface area contributed by atoms with Crippen LogP contribution in [0.1, 0.15) is 27.4 Å². The van der Waals surface area contributed by atoms with Crippen LogP contribution >= 0.6 is 11.3 Å². The Morgan fingerprint density at radius 2 is 2.31 bits per heavy atom. The number of rotatable bonds is 6. The van der Waals surface area contributed by atoms with Crippen molar-refractivity contribution >= 4 is 17.2 Å². The molecule has 0 radical (unpaired) electrons. The Hall–Kier alpha value is -1.07. The van der Waals surface area contributed by atoms with Crippen LogP contribution in [0.5, 0.6) is 5.75 Å². The van der Waals surface area contributed by atoms with Crippen LogP contribution in [-0.2, 0) is 0 Å². The quantitative estimate of drug-likeness (QED) is 0.744. The number of carbonyl (C=O) groups excluding carboxylic acids is 1. The number of hydrogen-bond donors (Lipinski definition) is 2. The molecule has 0 aliphatic heterocycles. The monoisotopic (exact) mass is 242 g/mol. The van der Waals surface area contributed by atoms with E-state index < -0.39 is 0 Å². The summed E-state index contributed by atoms with van der Waals surface area (Å²) in [6.45, 7) is 3.28. The van der Waals surface area contributed by atoms with Gasteiger partial charge in [0.1, 0.15) is 10.6 Å². The molecule has 1 rings (SSSR count). The van der Waals surface area contributed by atoms with Crippen molar-refractivity contribution in [1.29, 1.82) is 0 Å². The number of thiophene rings is 1. The Labute approximate surface area is 99.8 Å². The first-order chi connectivity index (χ1) is 7.69. The third kappa shape index (κ3) is 3.50. The van der Waals surface area contributed by atoms with Crippen molar-refractivity contribution in [3.63, 3.8) is 0 Å². The first-order valence-electron chi connectivity index (χ1n) is 5.31. The highest BCUT2D eigenvalue weighted by molar-refractivity contribution is 7.14. The van der Waals surface area contributed by atoms with Crippen LogP contribution in [0.15, 0.2) is 6.07 Å². The van der Waals surface area contributed by atoms with Crippen molar-refractivity contribution < 1.29 is 9.53 Å². The first-order valence-corrected chi connectivity index (χ1v) is 6.13. The van der Waals surface area contributed by atoms with E-state index in [1.54, 1.807) is 7.11 Å². The van der Waals surface area contributed by atoms with Crippen LogP contribution in [0.4, 0.5) is 0 Å². The number of unbranched alkanes of at least 4 members (excludes halogenated alkanes) is 1. The molecule has 0 aromatic carbocycles. The number of methoxy groups -OCH3 is 1. The van der Waals surface area contributed by atoms with Gasteiger partial charge in [-0.25, -0.2) is 0 Å². The molecule has 0 saturated carbocycles. The molecule has 0 atom stereocenters. The lowest BCUT2D eigenvalue weighted by Crippen LogP contribution is -2.24. The highest BCUT2D eigenvalue weighted by Crippen LogP contribution is 2.28. The van der Waals surface area contributed by atoms with E-state index in [2.05, 4.69) is 5.32 Å². The summed E-state index contributed by atoms with van der Waals surface area (Å²) in [6, 6.07) is 1.87. The van der Waals surface area contributed by atoms with Gasteiger partial charge in [-0.05, 0) is 32.4 Å². The minimum atomic E-state index is -0.0630. The SMILES string of the molecule is COc1cc(C)sc1C(=O)NCCCCN. The standard InChI is InChI=1S/C11H18N2O2S/c1-8-7-9(15-2)10(16-8)11(14)13-6-4-3-5-12/h7H,3-6,12H2,1-2H3,(H,13,14). The molecule has 90 valence electrons. The van der Waals surface area contributed by atoms with E-state index in [1.807, 2.05) is 13.0 Å². The fourth-order valence-electron chi connectivity index (χ4n) is 1.35. The highest BCUT2D eigenvalue weighted by atomic mass is 32.1. The van der Waals surface area contributed by atoms with Gasteiger partial charge in [-0.15, -0.1) is 11.3 Å². The number of hydrogen-bond acceptors (Lipinski definition) is 4. The highest BCUT2D eigenvalue weighted by Gasteiger charge is 2.14. The number of aryl methyl sites for hydroxylation is 1. The Kier molecular flexibility index (Phi) is 5.28. The molecule has 0 spiro atoms. The second-order valence-corrected chi connectivity index (χ2v) is 4.76. The van der Waals surface area contributed by atoms with Gasteiger partial charge in [-0.1, -0.05) is 0 Å². The maximum Gasteiger partial charge on any atom is 0.265 e. The minimum Gasteiger partial charge on any atom is -0.495 e. The van der Waals surface area contributed by atoms with Gasteiger partial charge in [0, 0.05) is 11.4 Å². The van der Waals surface area contributed by atoms with E-state index in [9.17, 15) is 4.79 Å². The molecule has 3 N–H and O–H groups in total. The van der Waals surface area contributed by atoms with Crippen LogP contribution in [0.2, 0.25) is 0 Å². The molecule has 1 aromatic rings. The van der Waals surface area contributed by atoms with Crippen LogP contribution in [0.25, 0.3) is 0 Å².